The van der Waals surface area contributed by atoms with Gasteiger partial charge in [0.15, 0.2) is 10.8 Å². The number of amides is 1. The third kappa shape index (κ3) is 3.90. The van der Waals surface area contributed by atoms with Gasteiger partial charge < -0.3 is 5.32 Å². The lowest BCUT2D eigenvalue weighted by atomic mass is 10.1. The molecule has 1 N–H and O–H groups in total. The fraction of sp³-hybridized carbons (Fsp3) is 0.353. The van der Waals surface area contributed by atoms with Crippen LogP contribution < -0.4 is 5.32 Å². The Morgan fingerprint density at radius 3 is 2.76 bits per heavy atom. The summed E-state index contributed by atoms with van der Waals surface area (Å²) in [7, 11) is 0. The molecule has 3 rings (SSSR count). The number of carbonyl (C=O) groups excluding carboxylic acids is 1. The average Bonchev–Trinajstić information content (AvgIpc) is 3.27. The number of nitrogens with one attached hydrogen (secondary N) is 1. The number of aromatic nitrogens is 5. The van der Waals surface area contributed by atoms with E-state index in [1.807, 2.05) is 18.4 Å². The zero-order valence-electron chi connectivity index (χ0n) is 14.4. The molecule has 0 bridgehead atoms. The molecule has 3 aromatic heterocycles. The van der Waals surface area contributed by atoms with Crippen LogP contribution in [0.2, 0.25) is 0 Å². The van der Waals surface area contributed by atoms with Crippen molar-refractivity contribution in [1.29, 1.82) is 0 Å². The molecule has 130 valence electrons. The van der Waals surface area contributed by atoms with Gasteiger partial charge in [0, 0.05) is 24.3 Å². The largest absolute Gasteiger partial charge is 0.345 e. The van der Waals surface area contributed by atoms with Crippen molar-refractivity contribution in [2.45, 2.75) is 39.8 Å². The fourth-order valence-electron chi connectivity index (χ4n) is 2.30. The summed E-state index contributed by atoms with van der Waals surface area (Å²) in [6.07, 6.45) is 3.37. The van der Waals surface area contributed by atoms with Crippen LogP contribution in [0.3, 0.4) is 0 Å². The van der Waals surface area contributed by atoms with Crippen LogP contribution in [0.15, 0.2) is 29.9 Å². The van der Waals surface area contributed by atoms with E-state index in [-0.39, 0.29) is 11.8 Å². The molecular formula is C17H20N6OS. The minimum absolute atomic E-state index is 0.147. The van der Waals surface area contributed by atoms with Gasteiger partial charge in [-0.1, -0.05) is 13.8 Å². The van der Waals surface area contributed by atoms with Gasteiger partial charge >= 0.3 is 0 Å². The van der Waals surface area contributed by atoms with Crippen molar-refractivity contribution in [3.8, 4) is 10.8 Å². The van der Waals surface area contributed by atoms with Gasteiger partial charge in [-0.3, -0.25) is 9.48 Å². The lowest BCUT2D eigenvalue weighted by Crippen LogP contribution is -2.25. The predicted molar refractivity (Wildman–Crippen MR) is 96.3 cm³/mol. The molecule has 0 aliphatic carbocycles. The van der Waals surface area contributed by atoms with Gasteiger partial charge in [0.25, 0.3) is 5.91 Å². The van der Waals surface area contributed by atoms with Crippen LogP contribution in [0.5, 0.6) is 0 Å². The van der Waals surface area contributed by atoms with Crippen molar-refractivity contribution < 1.29 is 4.79 Å². The zero-order chi connectivity index (χ0) is 17.8. The Kier molecular flexibility index (Phi) is 5.18. The topological polar surface area (TPSA) is 85.6 Å². The first-order chi connectivity index (χ1) is 12.1. The summed E-state index contributed by atoms with van der Waals surface area (Å²) < 4.78 is 1.73. The number of hydrogen-bond acceptors (Lipinski definition) is 6. The molecule has 0 saturated heterocycles. The van der Waals surface area contributed by atoms with Crippen molar-refractivity contribution in [1.82, 2.24) is 30.0 Å². The van der Waals surface area contributed by atoms with Crippen LogP contribution in [0, 0.1) is 0 Å². The third-order valence-corrected chi connectivity index (χ3v) is 4.55. The van der Waals surface area contributed by atoms with Crippen molar-refractivity contribution in [3.05, 3.63) is 47.0 Å². The predicted octanol–water partition coefficient (Wildman–Crippen LogP) is 2.87. The summed E-state index contributed by atoms with van der Waals surface area (Å²) in [6, 6.07) is 3.62. The highest BCUT2D eigenvalue weighted by Gasteiger charge is 2.16. The Hall–Kier alpha value is -2.61. The van der Waals surface area contributed by atoms with Crippen LogP contribution in [-0.2, 0) is 13.1 Å². The maximum Gasteiger partial charge on any atom is 0.269 e. The van der Waals surface area contributed by atoms with E-state index in [0.717, 1.165) is 16.4 Å². The number of hydrogen-bond donors (Lipinski definition) is 1. The maximum absolute atomic E-state index is 12.5. The molecule has 0 atom stereocenters. The Balaban J connectivity index is 1.68. The highest BCUT2D eigenvalue weighted by atomic mass is 32.1. The van der Waals surface area contributed by atoms with E-state index in [4.69, 9.17) is 0 Å². The Bertz CT molecular complexity index is 855. The molecule has 3 heterocycles. The number of carbonyl (C=O) groups is 1. The number of rotatable bonds is 6. The van der Waals surface area contributed by atoms with E-state index in [9.17, 15) is 4.79 Å². The van der Waals surface area contributed by atoms with E-state index >= 15 is 0 Å². The first-order valence-corrected chi connectivity index (χ1v) is 9.04. The van der Waals surface area contributed by atoms with Gasteiger partial charge in [-0.15, -0.1) is 11.3 Å². The molecule has 0 saturated carbocycles. The highest BCUT2D eigenvalue weighted by molar-refractivity contribution is 7.13. The van der Waals surface area contributed by atoms with Gasteiger partial charge in [0.2, 0.25) is 0 Å². The summed E-state index contributed by atoms with van der Waals surface area (Å²) >= 11 is 1.46. The van der Waals surface area contributed by atoms with Crippen LogP contribution in [0.1, 0.15) is 48.6 Å². The SMILES string of the molecule is CCn1nc(C(C)C)cc1C(=O)NCc1csc(-c2ncccn2)n1. The van der Waals surface area contributed by atoms with Crippen LogP contribution in [-0.4, -0.2) is 30.6 Å². The van der Waals surface area contributed by atoms with Crippen molar-refractivity contribution >= 4 is 17.2 Å². The first-order valence-electron chi connectivity index (χ1n) is 8.16. The summed E-state index contributed by atoms with van der Waals surface area (Å²) in [5.41, 5.74) is 2.28. The maximum atomic E-state index is 12.5. The third-order valence-electron chi connectivity index (χ3n) is 3.66. The second-order valence-electron chi connectivity index (χ2n) is 5.82. The van der Waals surface area contributed by atoms with Crippen molar-refractivity contribution in [2.75, 3.05) is 0 Å². The molecule has 1 amide bonds. The molecular weight excluding hydrogens is 336 g/mol. The fourth-order valence-corrected chi connectivity index (χ4v) is 3.07. The second-order valence-corrected chi connectivity index (χ2v) is 6.68. The van der Waals surface area contributed by atoms with Gasteiger partial charge in [0.05, 0.1) is 17.9 Å². The van der Waals surface area contributed by atoms with Crippen molar-refractivity contribution in [2.24, 2.45) is 0 Å². The van der Waals surface area contributed by atoms with Crippen LogP contribution in [0.4, 0.5) is 0 Å². The molecule has 25 heavy (non-hydrogen) atoms. The van der Waals surface area contributed by atoms with E-state index in [0.29, 0.717) is 24.6 Å². The molecule has 3 aromatic rings. The number of aryl methyl sites for hydroxylation is 1. The monoisotopic (exact) mass is 356 g/mol. The number of nitrogens with zero attached hydrogens (tertiary/aromatic N) is 5. The summed E-state index contributed by atoms with van der Waals surface area (Å²) in [5, 5.41) is 10.0. The van der Waals surface area contributed by atoms with E-state index in [1.54, 1.807) is 23.1 Å². The van der Waals surface area contributed by atoms with Gasteiger partial charge in [0.1, 0.15) is 5.69 Å². The quantitative estimate of drug-likeness (QED) is 0.734. The minimum atomic E-state index is -0.147. The van der Waals surface area contributed by atoms with Gasteiger partial charge in [-0.25, -0.2) is 15.0 Å². The summed E-state index contributed by atoms with van der Waals surface area (Å²) in [5.74, 6) is 0.730. The molecule has 8 heteroatoms. The molecule has 0 spiro atoms. The molecule has 0 unspecified atom stereocenters. The molecule has 0 fully saturated rings. The summed E-state index contributed by atoms with van der Waals surface area (Å²) in [6.45, 7) is 7.11. The Morgan fingerprint density at radius 1 is 1.32 bits per heavy atom. The molecule has 0 radical (unpaired) electrons. The Morgan fingerprint density at radius 2 is 2.08 bits per heavy atom. The number of thiazole rings is 1. The zero-order valence-corrected chi connectivity index (χ0v) is 15.2. The van der Waals surface area contributed by atoms with Gasteiger partial charge in [-0.2, -0.15) is 5.10 Å². The second kappa shape index (κ2) is 7.52. The lowest BCUT2D eigenvalue weighted by molar-refractivity contribution is 0.0940. The van der Waals surface area contributed by atoms with Crippen LogP contribution >= 0.6 is 11.3 Å². The molecule has 0 aromatic carbocycles. The molecule has 0 aliphatic heterocycles. The van der Waals surface area contributed by atoms with E-state index in [2.05, 4.69) is 39.2 Å². The van der Waals surface area contributed by atoms with Crippen LogP contribution in [0.25, 0.3) is 10.8 Å². The molecule has 7 nitrogen and oxygen atoms in total. The normalized spacial score (nSPS) is 11.0. The van der Waals surface area contributed by atoms with E-state index in [1.165, 1.54) is 11.3 Å². The van der Waals surface area contributed by atoms with Crippen molar-refractivity contribution in [3.63, 3.8) is 0 Å². The average molecular weight is 356 g/mol. The standard InChI is InChI=1S/C17H20N6OS/c1-4-23-14(8-13(22-23)11(2)3)16(24)20-9-12-10-25-17(21-12)15-18-6-5-7-19-15/h5-8,10-11H,4,9H2,1-3H3,(H,20,24). The van der Waals surface area contributed by atoms with E-state index < -0.39 is 0 Å². The highest BCUT2D eigenvalue weighted by Crippen LogP contribution is 2.19. The lowest BCUT2D eigenvalue weighted by Gasteiger charge is -2.05. The Labute approximate surface area is 150 Å². The van der Waals surface area contributed by atoms with Gasteiger partial charge in [-0.05, 0) is 25.0 Å². The summed E-state index contributed by atoms with van der Waals surface area (Å²) in [4.78, 5) is 25.3. The first kappa shape index (κ1) is 17.2. The smallest absolute Gasteiger partial charge is 0.269 e. The minimum Gasteiger partial charge on any atom is -0.345 e. The molecule has 0 aliphatic rings.